The Hall–Kier alpha value is -1.47. The van der Waals surface area contributed by atoms with E-state index in [-0.39, 0.29) is 12.1 Å². The standard InChI is InChI=1S/C16H21F3N2O2/c1-22-14-4-2-3-11-7-13(9-23-15(11)14)20-12-5-6-21(8-12)10-16(17,18)19/h2-4,12-13,20H,5-10H2,1H3/t12-,13-/m0/s1. The van der Waals surface area contributed by atoms with Crippen LogP contribution < -0.4 is 14.8 Å². The molecule has 0 aliphatic carbocycles. The number of methoxy groups -OCH3 is 1. The van der Waals surface area contributed by atoms with Crippen LogP contribution in [0.4, 0.5) is 13.2 Å². The minimum atomic E-state index is -4.13. The number of nitrogens with zero attached hydrogens (tertiary/aromatic N) is 1. The van der Waals surface area contributed by atoms with E-state index in [0.717, 1.165) is 29.9 Å². The van der Waals surface area contributed by atoms with Gasteiger partial charge in [0.25, 0.3) is 0 Å². The van der Waals surface area contributed by atoms with Gasteiger partial charge in [0.2, 0.25) is 0 Å². The summed E-state index contributed by atoms with van der Waals surface area (Å²) >= 11 is 0. The van der Waals surface area contributed by atoms with Crippen LogP contribution in [0.2, 0.25) is 0 Å². The molecule has 0 saturated carbocycles. The van der Waals surface area contributed by atoms with Gasteiger partial charge < -0.3 is 14.8 Å². The third-order valence-electron chi connectivity index (χ3n) is 4.32. The minimum Gasteiger partial charge on any atom is -0.493 e. The Bertz CT molecular complexity index is 551. The largest absolute Gasteiger partial charge is 0.493 e. The maximum atomic E-state index is 12.4. The van der Waals surface area contributed by atoms with E-state index in [9.17, 15) is 13.2 Å². The van der Waals surface area contributed by atoms with Crippen LogP contribution in [0, 0.1) is 0 Å². The lowest BCUT2D eigenvalue weighted by Gasteiger charge is -2.29. The maximum absolute atomic E-state index is 12.4. The summed E-state index contributed by atoms with van der Waals surface area (Å²) < 4.78 is 48.4. The Balaban J connectivity index is 1.54. The Kier molecular flexibility index (Phi) is 4.68. The third-order valence-corrected chi connectivity index (χ3v) is 4.32. The topological polar surface area (TPSA) is 33.7 Å². The van der Waals surface area contributed by atoms with Crippen molar-refractivity contribution in [3.05, 3.63) is 23.8 Å². The summed E-state index contributed by atoms with van der Waals surface area (Å²) in [4.78, 5) is 1.46. The molecule has 2 atom stereocenters. The van der Waals surface area contributed by atoms with Crippen LogP contribution in [0.1, 0.15) is 12.0 Å². The first-order valence-electron chi connectivity index (χ1n) is 7.78. The Morgan fingerprint density at radius 3 is 2.91 bits per heavy atom. The molecule has 7 heteroatoms. The van der Waals surface area contributed by atoms with Gasteiger partial charge in [0, 0.05) is 25.2 Å². The second-order valence-corrected chi connectivity index (χ2v) is 6.16. The molecule has 0 unspecified atom stereocenters. The van der Waals surface area contributed by atoms with E-state index in [4.69, 9.17) is 9.47 Å². The number of alkyl halides is 3. The number of hydrogen-bond donors (Lipinski definition) is 1. The van der Waals surface area contributed by atoms with E-state index in [1.54, 1.807) is 7.11 Å². The number of para-hydroxylation sites is 1. The van der Waals surface area contributed by atoms with Crippen molar-refractivity contribution in [3.8, 4) is 11.5 Å². The van der Waals surface area contributed by atoms with E-state index in [2.05, 4.69) is 5.32 Å². The lowest BCUT2D eigenvalue weighted by atomic mass is 10.0. The van der Waals surface area contributed by atoms with E-state index in [1.807, 2.05) is 18.2 Å². The number of fused-ring (bicyclic) bond motifs is 1. The van der Waals surface area contributed by atoms with Crippen LogP contribution in [0.5, 0.6) is 11.5 Å². The van der Waals surface area contributed by atoms with Gasteiger partial charge in [-0.3, -0.25) is 4.90 Å². The molecule has 1 saturated heterocycles. The zero-order valence-corrected chi connectivity index (χ0v) is 13.0. The fraction of sp³-hybridized carbons (Fsp3) is 0.625. The van der Waals surface area contributed by atoms with Crippen molar-refractivity contribution >= 4 is 0 Å². The van der Waals surface area contributed by atoms with Crippen molar-refractivity contribution in [2.24, 2.45) is 0 Å². The second-order valence-electron chi connectivity index (χ2n) is 6.16. The monoisotopic (exact) mass is 330 g/mol. The SMILES string of the molecule is COc1cccc2c1OC[C@@H](N[C@H]1CCN(CC(F)(F)F)C1)C2. The van der Waals surface area contributed by atoms with E-state index < -0.39 is 12.7 Å². The maximum Gasteiger partial charge on any atom is 0.401 e. The van der Waals surface area contributed by atoms with E-state index >= 15 is 0 Å². The molecule has 1 N–H and O–H groups in total. The zero-order chi connectivity index (χ0) is 16.4. The lowest BCUT2D eigenvalue weighted by Crippen LogP contribution is -2.46. The molecule has 1 aromatic rings. The highest BCUT2D eigenvalue weighted by molar-refractivity contribution is 5.48. The second kappa shape index (κ2) is 6.57. The number of halogens is 3. The number of nitrogens with one attached hydrogen (secondary N) is 1. The molecule has 1 aromatic carbocycles. The van der Waals surface area contributed by atoms with Crippen LogP contribution in [-0.2, 0) is 6.42 Å². The molecule has 2 aliphatic rings. The molecule has 1 fully saturated rings. The van der Waals surface area contributed by atoms with Crippen LogP contribution in [0.3, 0.4) is 0 Å². The number of benzene rings is 1. The summed E-state index contributed by atoms with van der Waals surface area (Å²) in [6.45, 7) is 0.589. The third kappa shape index (κ3) is 4.09. The number of likely N-dealkylation sites (tertiary alicyclic amines) is 1. The molecule has 23 heavy (non-hydrogen) atoms. The van der Waals surface area contributed by atoms with Crippen molar-refractivity contribution in [1.29, 1.82) is 0 Å². The van der Waals surface area contributed by atoms with E-state index in [1.165, 1.54) is 4.90 Å². The molecule has 3 rings (SSSR count). The van der Waals surface area contributed by atoms with Crippen molar-refractivity contribution < 1.29 is 22.6 Å². The average molecular weight is 330 g/mol. The van der Waals surface area contributed by atoms with Crippen LogP contribution in [0.15, 0.2) is 18.2 Å². The number of ether oxygens (including phenoxy) is 2. The summed E-state index contributed by atoms with van der Waals surface area (Å²) in [5.41, 5.74) is 1.07. The molecule has 0 spiro atoms. The van der Waals surface area contributed by atoms with Crippen molar-refractivity contribution in [3.63, 3.8) is 0 Å². The predicted molar refractivity (Wildman–Crippen MR) is 80.0 cm³/mol. The Labute approximate surface area is 133 Å². The quantitative estimate of drug-likeness (QED) is 0.918. The van der Waals surface area contributed by atoms with Crippen LogP contribution in [-0.4, -0.2) is 56.5 Å². The van der Waals surface area contributed by atoms with Gasteiger partial charge in [-0.1, -0.05) is 12.1 Å². The molecule has 2 heterocycles. The van der Waals surface area contributed by atoms with Gasteiger partial charge in [-0.15, -0.1) is 0 Å². The summed E-state index contributed by atoms with van der Waals surface area (Å²) in [5, 5.41) is 3.44. The molecule has 0 amide bonds. The molecule has 2 aliphatic heterocycles. The summed E-state index contributed by atoms with van der Waals surface area (Å²) in [6, 6.07) is 5.97. The molecule has 0 bridgehead atoms. The van der Waals surface area contributed by atoms with Gasteiger partial charge in [-0.2, -0.15) is 13.2 Å². The highest BCUT2D eigenvalue weighted by Crippen LogP contribution is 2.34. The van der Waals surface area contributed by atoms with Gasteiger partial charge in [0.1, 0.15) is 6.61 Å². The van der Waals surface area contributed by atoms with Crippen LogP contribution in [0.25, 0.3) is 0 Å². The highest BCUT2D eigenvalue weighted by Gasteiger charge is 2.35. The summed E-state index contributed by atoms with van der Waals surface area (Å²) in [7, 11) is 1.61. The van der Waals surface area contributed by atoms with Gasteiger partial charge in [0.15, 0.2) is 11.5 Å². The van der Waals surface area contributed by atoms with Gasteiger partial charge in [0.05, 0.1) is 13.7 Å². The van der Waals surface area contributed by atoms with Crippen molar-refractivity contribution in [1.82, 2.24) is 10.2 Å². The van der Waals surface area contributed by atoms with Crippen molar-refractivity contribution in [2.75, 3.05) is 33.4 Å². The van der Waals surface area contributed by atoms with Gasteiger partial charge in [-0.25, -0.2) is 0 Å². The first kappa shape index (κ1) is 16.4. The molecule has 128 valence electrons. The average Bonchev–Trinajstić information content (AvgIpc) is 2.91. The van der Waals surface area contributed by atoms with Gasteiger partial charge in [-0.05, 0) is 24.5 Å². The molecular formula is C16H21F3N2O2. The molecule has 0 radical (unpaired) electrons. The first-order valence-corrected chi connectivity index (χ1v) is 7.78. The highest BCUT2D eigenvalue weighted by atomic mass is 19.4. The number of hydrogen-bond acceptors (Lipinski definition) is 4. The summed E-state index contributed by atoms with van der Waals surface area (Å²) in [6.07, 6.45) is -2.60. The molecular weight excluding hydrogens is 309 g/mol. The lowest BCUT2D eigenvalue weighted by molar-refractivity contribution is -0.143. The Morgan fingerprint density at radius 1 is 1.35 bits per heavy atom. The van der Waals surface area contributed by atoms with Gasteiger partial charge >= 0.3 is 6.18 Å². The smallest absolute Gasteiger partial charge is 0.401 e. The number of rotatable bonds is 4. The normalized spacial score (nSPS) is 25.0. The Morgan fingerprint density at radius 2 is 2.17 bits per heavy atom. The fourth-order valence-corrected chi connectivity index (χ4v) is 3.36. The minimum absolute atomic E-state index is 0.0816. The zero-order valence-electron chi connectivity index (χ0n) is 13.0. The molecule has 4 nitrogen and oxygen atoms in total. The summed E-state index contributed by atoms with van der Waals surface area (Å²) in [5.74, 6) is 1.50. The first-order chi connectivity index (χ1) is 10.9. The fourth-order valence-electron chi connectivity index (χ4n) is 3.36. The van der Waals surface area contributed by atoms with E-state index in [0.29, 0.717) is 19.7 Å². The predicted octanol–water partition coefficient (Wildman–Crippen LogP) is 2.22. The molecule has 0 aromatic heterocycles. The van der Waals surface area contributed by atoms with Crippen LogP contribution >= 0.6 is 0 Å². The van der Waals surface area contributed by atoms with Crippen molar-refractivity contribution in [2.45, 2.75) is 31.1 Å².